The van der Waals surface area contributed by atoms with Crippen LogP contribution in [-0.4, -0.2) is 34.4 Å². The van der Waals surface area contributed by atoms with Crippen molar-refractivity contribution in [2.24, 2.45) is 0 Å². The first-order valence-electron chi connectivity index (χ1n) is 6.36. The second-order valence-corrected chi connectivity index (χ2v) is 4.33. The normalized spacial score (nSPS) is 10.4. The highest BCUT2D eigenvalue weighted by Crippen LogP contribution is 2.25. The lowest BCUT2D eigenvalue weighted by atomic mass is 10.2. The summed E-state index contributed by atoms with van der Waals surface area (Å²) in [5, 5.41) is 7.23. The molecular formula is C15H14N4O2. The van der Waals surface area contributed by atoms with Gasteiger partial charge in [0.05, 0.1) is 31.3 Å². The molecule has 1 N–H and O–H groups in total. The average molecular weight is 282 g/mol. The van der Waals surface area contributed by atoms with Crippen molar-refractivity contribution in [3.05, 3.63) is 42.7 Å². The molecule has 0 radical (unpaired) electrons. The van der Waals surface area contributed by atoms with E-state index >= 15 is 0 Å². The van der Waals surface area contributed by atoms with Gasteiger partial charge in [-0.3, -0.25) is 15.1 Å². The number of H-pyrrole nitrogens is 1. The van der Waals surface area contributed by atoms with Crippen molar-refractivity contribution >= 4 is 0 Å². The highest BCUT2D eigenvalue weighted by Gasteiger charge is 2.09. The van der Waals surface area contributed by atoms with Crippen LogP contribution in [0.25, 0.3) is 22.8 Å². The van der Waals surface area contributed by atoms with E-state index in [0.29, 0.717) is 0 Å². The number of aromatic nitrogens is 4. The van der Waals surface area contributed by atoms with Crippen molar-refractivity contribution in [2.75, 3.05) is 14.2 Å². The maximum atomic E-state index is 5.19. The fraction of sp³-hybridized carbons (Fsp3) is 0.133. The molecule has 0 amide bonds. The van der Waals surface area contributed by atoms with Crippen molar-refractivity contribution < 1.29 is 9.47 Å². The molecule has 0 aliphatic heterocycles. The van der Waals surface area contributed by atoms with E-state index in [0.717, 1.165) is 34.3 Å². The maximum Gasteiger partial charge on any atom is 0.122 e. The van der Waals surface area contributed by atoms with E-state index in [-0.39, 0.29) is 0 Å². The Kier molecular flexibility index (Phi) is 3.51. The standard InChI is InChI=1S/C15H14N4O2/c1-20-10-3-5-16-12(7-10)14-9-15(19-18-14)13-8-11(21-2)4-6-17-13/h3-9H,1-2H3,(H,18,19). The summed E-state index contributed by atoms with van der Waals surface area (Å²) >= 11 is 0. The number of pyridine rings is 2. The van der Waals surface area contributed by atoms with Gasteiger partial charge in [0.15, 0.2) is 0 Å². The van der Waals surface area contributed by atoms with Crippen LogP contribution in [0.1, 0.15) is 0 Å². The third-order valence-corrected chi connectivity index (χ3v) is 3.05. The molecule has 6 heteroatoms. The Hall–Kier alpha value is -2.89. The van der Waals surface area contributed by atoms with Crippen molar-refractivity contribution in [2.45, 2.75) is 0 Å². The van der Waals surface area contributed by atoms with E-state index < -0.39 is 0 Å². The van der Waals surface area contributed by atoms with Gasteiger partial charge in [0.2, 0.25) is 0 Å². The van der Waals surface area contributed by atoms with E-state index in [4.69, 9.17) is 9.47 Å². The highest BCUT2D eigenvalue weighted by molar-refractivity contribution is 5.65. The van der Waals surface area contributed by atoms with E-state index in [1.54, 1.807) is 38.7 Å². The Bertz CT molecular complexity index is 693. The monoisotopic (exact) mass is 282 g/mol. The van der Waals surface area contributed by atoms with E-state index in [1.807, 2.05) is 18.2 Å². The highest BCUT2D eigenvalue weighted by atomic mass is 16.5. The Labute approximate surface area is 121 Å². The van der Waals surface area contributed by atoms with Crippen molar-refractivity contribution in [3.63, 3.8) is 0 Å². The van der Waals surface area contributed by atoms with Crippen molar-refractivity contribution in [3.8, 4) is 34.3 Å². The summed E-state index contributed by atoms with van der Waals surface area (Å²) in [7, 11) is 3.24. The smallest absolute Gasteiger partial charge is 0.122 e. The topological polar surface area (TPSA) is 72.9 Å². The molecule has 0 bridgehead atoms. The van der Waals surface area contributed by atoms with Crippen molar-refractivity contribution in [1.29, 1.82) is 0 Å². The second kappa shape index (κ2) is 5.62. The second-order valence-electron chi connectivity index (χ2n) is 4.33. The fourth-order valence-corrected chi connectivity index (χ4v) is 1.95. The van der Waals surface area contributed by atoms with Gasteiger partial charge in [-0.1, -0.05) is 0 Å². The van der Waals surface area contributed by atoms with Gasteiger partial charge >= 0.3 is 0 Å². The number of rotatable bonds is 4. The number of hydrogen-bond donors (Lipinski definition) is 1. The number of nitrogens with one attached hydrogen (secondary N) is 1. The van der Waals surface area contributed by atoms with Gasteiger partial charge in [0.1, 0.15) is 17.2 Å². The van der Waals surface area contributed by atoms with Gasteiger partial charge < -0.3 is 9.47 Å². The molecule has 0 saturated carbocycles. The minimum atomic E-state index is 0.730. The lowest BCUT2D eigenvalue weighted by Gasteiger charge is -2.01. The van der Waals surface area contributed by atoms with Gasteiger partial charge in [-0.25, -0.2) is 0 Å². The molecule has 3 aromatic heterocycles. The first-order chi connectivity index (χ1) is 10.3. The predicted octanol–water partition coefficient (Wildman–Crippen LogP) is 2.55. The number of ether oxygens (including phenoxy) is 2. The lowest BCUT2D eigenvalue weighted by Crippen LogP contribution is -1.87. The summed E-state index contributed by atoms with van der Waals surface area (Å²) in [6.45, 7) is 0. The molecule has 106 valence electrons. The zero-order valence-electron chi connectivity index (χ0n) is 11.7. The Balaban J connectivity index is 1.95. The van der Waals surface area contributed by atoms with Crippen LogP contribution in [0.15, 0.2) is 42.7 Å². The van der Waals surface area contributed by atoms with Gasteiger partial charge in [-0.05, 0) is 18.2 Å². The molecule has 0 spiro atoms. The molecule has 3 aromatic rings. The Morgan fingerprint density at radius 2 is 1.43 bits per heavy atom. The first kappa shape index (κ1) is 13.1. The molecule has 0 aromatic carbocycles. The van der Waals surface area contributed by atoms with Crippen LogP contribution >= 0.6 is 0 Å². The molecule has 3 heterocycles. The molecule has 6 nitrogen and oxygen atoms in total. The Morgan fingerprint density at radius 3 is 2.10 bits per heavy atom. The molecule has 0 fully saturated rings. The lowest BCUT2D eigenvalue weighted by molar-refractivity contribution is 0.414. The number of hydrogen-bond acceptors (Lipinski definition) is 5. The summed E-state index contributed by atoms with van der Waals surface area (Å²) in [6.07, 6.45) is 3.38. The zero-order valence-corrected chi connectivity index (χ0v) is 11.7. The van der Waals surface area contributed by atoms with Crippen molar-refractivity contribution in [1.82, 2.24) is 20.2 Å². The molecule has 0 saturated heterocycles. The minimum Gasteiger partial charge on any atom is -0.497 e. The molecule has 0 aliphatic rings. The van der Waals surface area contributed by atoms with Gasteiger partial charge in [0.25, 0.3) is 0 Å². The van der Waals surface area contributed by atoms with Crippen LogP contribution in [0.4, 0.5) is 0 Å². The molecule has 0 unspecified atom stereocenters. The average Bonchev–Trinajstić information content (AvgIpc) is 3.05. The van der Waals surface area contributed by atoms with E-state index in [1.165, 1.54) is 0 Å². The molecule has 21 heavy (non-hydrogen) atoms. The van der Waals surface area contributed by atoms with Gasteiger partial charge in [-0.2, -0.15) is 5.10 Å². The van der Waals surface area contributed by atoms with Crippen LogP contribution in [0.2, 0.25) is 0 Å². The first-order valence-corrected chi connectivity index (χ1v) is 6.36. The number of methoxy groups -OCH3 is 2. The van der Waals surface area contributed by atoms with Crippen LogP contribution in [0.5, 0.6) is 11.5 Å². The Morgan fingerprint density at radius 1 is 0.810 bits per heavy atom. The predicted molar refractivity (Wildman–Crippen MR) is 78.2 cm³/mol. The number of aromatic amines is 1. The number of nitrogens with zero attached hydrogens (tertiary/aromatic N) is 3. The zero-order chi connectivity index (χ0) is 14.7. The van der Waals surface area contributed by atoms with E-state index in [9.17, 15) is 0 Å². The molecule has 0 atom stereocenters. The summed E-state index contributed by atoms with van der Waals surface area (Å²) in [6, 6.07) is 9.16. The fourth-order valence-electron chi connectivity index (χ4n) is 1.95. The minimum absolute atomic E-state index is 0.730. The van der Waals surface area contributed by atoms with Crippen LogP contribution in [-0.2, 0) is 0 Å². The summed E-state index contributed by atoms with van der Waals surface area (Å²) < 4.78 is 10.4. The maximum absolute atomic E-state index is 5.19. The third-order valence-electron chi connectivity index (χ3n) is 3.05. The van der Waals surface area contributed by atoms with Crippen LogP contribution in [0, 0.1) is 0 Å². The van der Waals surface area contributed by atoms with Gasteiger partial charge in [0, 0.05) is 24.5 Å². The molecule has 3 rings (SSSR count). The third kappa shape index (κ3) is 2.69. The molecule has 0 aliphatic carbocycles. The summed E-state index contributed by atoms with van der Waals surface area (Å²) in [4.78, 5) is 8.59. The quantitative estimate of drug-likeness (QED) is 0.796. The SMILES string of the molecule is COc1ccnc(-c2cc(-c3cc(OC)ccn3)[nH]n2)c1. The summed E-state index contributed by atoms with van der Waals surface area (Å²) in [5.74, 6) is 1.49. The largest absolute Gasteiger partial charge is 0.497 e. The van der Waals surface area contributed by atoms with E-state index in [2.05, 4.69) is 20.2 Å². The van der Waals surface area contributed by atoms with Gasteiger partial charge in [-0.15, -0.1) is 0 Å². The van der Waals surface area contributed by atoms with Crippen LogP contribution < -0.4 is 9.47 Å². The molecular weight excluding hydrogens is 268 g/mol. The summed E-state index contributed by atoms with van der Waals surface area (Å²) in [5.41, 5.74) is 3.03. The van der Waals surface area contributed by atoms with Crippen LogP contribution in [0.3, 0.4) is 0 Å².